The van der Waals surface area contributed by atoms with E-state index < -0.39 is 16.7 Å². The predicted octanol–water partition coefficient (Wildman–Crippen LogP) is 2.71. The van der Waals surface area contributed by atoms with E-state index in [1.165, 1.54) is 6.07 Å². The number of hydrogen-bond acceptors (Lipinski definition) is 3. The Morgan fingerprint density at radius 2 is 2.33 bits per heavy atom. The molecule has 0 saturated heterocycles. The molecule has 3 atom stereocenters. The Balaban J connectivity index is 1.95. The van der Waals surface area contributed by atoms with Crippen LogP contribution in [0.4, 0.5) is 10.2 Å². The Morgan fingerprint density at radius 3 is 3.06 bits per heavy atom. The van der Waals surface area contributed by atoms with Gasteiger partial charge in [-0.25, -0.2) is 4.98 Å². The zero-order valence-corrected chi connectivity index (χ0v) is 11.4. The van der Waals surface area contributed by atoms with E-state index in [0.29, 0.717) is 5.82 Å². The van der Waals surface area contributed by atoms with Crippen LogP contribution in [0.5, 0.6) is 0 Å². The summed E-state index contributed by atoms with van der Waals surface area (Å²) in [6, 6.07) is 5.01. The molecule has 18 heavy (non-hydrogen) atoms. The van der Waals surface area contributed by atoms with Crippen molar-refractivity contribution in [3.8, 4) is 0 Å². The van der Waals surface area contributed by atoms with Gasteiger partial charge in [0.05, 0.1) is 0 Å². The Hall–Kier alpha value is -0.970. The number of hydrogen-bond donors (Lipinski definition) is 1. The molecule has 3 unspecified atom stereocenters. The molecule has 3 nitrogen and oxygen atoms in total. The maximum Gasteiger partial charge on any atom is 0.214 e. The molecule has 0 bridgehead atoms. The third-order valence-corrected chi connectivity index (χ3v) is 5.09. The minimum atomic E-state index is -0.731. The van der Waals surface area contributed by atoms with Crippen LogP contribution in [-0.4, -0.2) is 26.2 Å². The van der Waals surface area contributed by atoms with Crippen LogP contribution >= 0.6 is 0 Å². The Bertz CT molecular complexity index is 427. The van der Waals surface area contributed by atoms with Crippen LogP contribution in [0, 0.1) is 5.95 Å². The Morgan fingerprint density at radius 1 is 1.50 bits per heavy atom. The zero-order chi connectivity index (χ0) is 13.0. The minimum Gasteiger partial charge on any atom is -0.367 e. The lowest BCUT2D eigenvalue weighted by Gasteiger charge is -2.29. The van der Waals surface area contributed by atoms with Crippen LogP contribution in [-0.2, 0) is 10.8 Å². The molecule has 0 spiro atoms. The number of pyridine rings is 1. The van der Waals surface area contributed by atoms with Crippen molar-refractivity contribution >= 4 is 16.6 Å². The highest BCUT2D eigenvalue weighted by atomic mass is 32.2. The number of anilines is 1. The summed E-state index contributed by atoms with van der Waals surface area (Å²) in [5.41, 5.74) is 0. The lowest BCUT2D eigenvalue weighted by molar-refractivity contribution is 0.463. The van der Waals surface area contributed by atoms with Crippen LogP contribution in [0.25, 0.3) is 0 Å². The number of nitrogens with one attached hydrogen (secondary N) is 1. The Kier molecular flexibility index (Phi) is 4.69. The SMILES string of the molecule is CCS(=O)C1CCCC(Nc2cccc(F)n2)C1. The van der Waals surface area contributed by atoms with Gasteiger partial charge in [0.15, 0.2) is 0 Å². The molecule has 5 heteroatoms. The second-order valence-corrected chi connectivity index (χ2v) is 6.65. The van der Waals surface area contributed by atoms with E-state index in [9.17, 15) is 8.60 Å². The Labute approximate surface area is 110 Å². The van der Waals surface area contributed by atoms with Crippen molar-refractivity contribution in [1.82, 2.24) is 4.98 Å². The quantitative estimate of drug-likeness (QED) is 0.855. The topological polar surface area (TPSA) is 42.0 Å². The summed E-state index contributed by atoms with van der Waals surface area (Å²) in [7, 11) is -0.731. The average Bonchev–Trinajstić information content (AvgIpc) is 2.38. The molecule has 1 aromatic rings. The first kappa shape index (κ1) is 13.5. The summed E-state index contributed by atoms with van der Waals surface area (Å²) >= 11 is 0. The highest BCUT2D eigenvalue weighted by Crippen LogP contribution is 2.25. The van der Waals surface area contributed by atoms with Crippen molar-refractivity contribution in [1.29, 1.82) is 0 Å². The fraction of sp³-hybridized carbons (Fsp3) is 0.615. The average molecular weight is 270 g/mol. The number of nitrogens with zero attached hydrogens (tertiary/aromatic N) is 1. The van der Waals surface area contributed by atoms with Crippen LogP contribution in [0.1, 0.15) is 32.6 Å². The standard InChI is InChI=1S/C13H19FN2OS/c1-2-18(17)11-6-3-5-10(9-11)15-13-8-4-7-12(14)16-13/h4,7-8,10-11H,2-3,5-6,9H2,1H3,(H,15,16). The zero-order valence-electron chi connectivity index (χ0n) is 10.6. The summed E-state index contributed by atoms with van der Waals surface area (Å²) in [6.07, 6.45) is 4.03. The van der Waals surface area contributed by atoms with Gasteiger partial charge in [-0.05, 0) is 31.4 Å². The molecule has 1 fully saturated rings. The van der Waals surface area contributed by atoms with Gasteiger partial charge in [-0.3, -0.25) is 4.21 Å². The summed E-state index contributed by atoms with van der Waals surface area (Å²) < 4.78 is 24.8. The number of rotatable bonds is 4. The molecular weight excluding hydrogens is 251 g/mol. The van der Waals surface area contributed by atoms with Crippen molar-refractivity contribution in [2.24, 2.45) is 0 Å². The third kappa shape index (κ3) is 3.51. The highest BCUT2D eigenvalue weighted by Gasteiger charge is 2.25. The maximum absolute atomic E-state index is 13.0. The molecule has 1 saturated carbocycles. The molecule has 1 aliphatic rings. The molecule has 0 radical (unpaired) electrons. The largest absolute Gasteiger partial charge is 0.367 e. The van der Waals surface area contributed by atoms with Gasteiger partial charge < -0.3 is 5.32 Å². The molecule has 2 rings (SSSR count). The van der Waals surface area contributed by atoms with Gasteiger partial charge in [0.25, 0.3) is 0 Å². The molecule has 100 valence electrons. The van der Waals surface area contributed by atoms with Crippen LogP contribution in [0.2, 0.25) is 0 Å². The fourth-order valence-corrected chi connectivity index (χ4v) is 3.80. The van der Waals surface area contributed by atoms with Gasteiger partial charge in [-0.2, -0.15) is 4.39 Å². The summed E-state index contributed by atoms with van der Waals surface area (Å²) in [4.78, 5) is 3.80. The van der Waals surface area contributed by atoms with Gasteiger partial charge >= 0.3 is 0 Å². The van der Waals surface area contributed by atoms with Crippen molar-refractivity contribution in [3.63, 3.8) is 0 Å². The number of aromatic nitrogens is 1. The second-order valence-electron chi connectivity index (χ2n) is 4.64. The second kappa shape index (κ2) is 6.27. The van der Waals surface area contributed by atoms with E-state index in [-0.39, 0.29) is 11.3 Å². The van der Waals surface area contributed by atoms with E-state index in [2.05, 4.69) is 10.3 Å². The molecule has 0 amide bonds. The molecular formula is C13H19FN2OS. The summed E-state index contributed by atoms with van der Waals surface area (Å²) in [6.45, 7) is 1.96. The van der Waals surface area contributed by atoms with Crippen LogP contribution < -0.4 is 5.32 Å². The molecule has 1 N–H and O–H groups in total. The first-order valence-electron chi connectivity index (χ1n) is 6.45. The summed E-state index contributed by atoms with van der Waals surface area (Å²) in [5, 5.41) is 3.52. The van der Waals surface area contributed by atoms with Crippen molar-refractivity contribution in [2.45, 2.75) is 43.9 Å². The van der Waals surface area contributed by atoms with Crippen molar-refractivity contribution in [3.05, 3.63) is 24.1 Å². The van der Waals surface area contributed by atoms with E-state index >= 15 is 0 Å². The van der Waals surface area contributed by atoms with E-state index in [0.717, 1.165) is 31.4 Å². The van der Waals surface area contributed by atoms with Gasteiger partial charge in [0.2, 0.25) is 5.95 Å². The molecule has 1 heterocycles. The van der Waals surface area contributed by atoms with Gasteiger partial charge in [-0.15, -0.1) is 0 Å². The van der Waals surface area contributed by atoms with Gasteiger partial charge in [0.1, 0.15) is 5.82 Å². The molecule has 0 aromatic carbocycles. The van der Waals surface area contributed by atoms with Gasteiger partial charge in [0, 0.05) is 27.8 Å². The normalized spacial score (nSPS) is 25.7. The van der Waals surface area contributed by atoms with E-state index in [1.807, 2.05) is 6.92 Å². The van der Waals surface area contributed by atoms with E-state index in [1.54, 1.807) is 12.1 Å². The van der Waals surface area contributed by atoms with Crippen LogP contribution in [0.3, 0.4) is 0 Å². The van der Waals surface area contributed by atoms with E-state index in [4.69, 9.17) is 0 Å². The number of halogens is 1. The smallest absolute Gasteiger partial charge is 0.214 e. The summed E-state index contributed by atoms with van der Waals surface area (Å²) in [5.74, 6) is 0.822. The molecule has 1 aliphatic carbocycles. The third-order valence-electron chi connectivity index (χ3n) is 3.35. The lowest BCUT2D eigenvalue weighted by atomic mass is 9.95. The minimum absolute atomic E-state index is 0.258. The highest BCUT2D eigenvalue weighted by molar-refractivity contribution is 7.85. The van der Waals surface area contributed by atoms with Crippen molar-refractivity contribution in [2.75, 3.05) is 11.1 Å². The van der Waals surface area contributed by atoms with Gasteiger partial charge in [-0.1, -0.05) is 19.4 Å². The predicted molar refractivity (Wildman–Crippen MR) is 72.5 cm³/mol. The molecule has 0 aliphatic heterocycles. The first-order chi connectivity index (χ1) is 8.69. The monoisotopic (exact) mass is 270 g/mol. The fourth-order valence-electron chi connectivity index (χ4n) is 2.45. The van der Waals surface area contributed by atoms with Crippen molar-refractivity contribution < 1.29 is 8.60 Å². The van der Waals surface area contributed by atoms with Crippen LogP contribution in [0.15, 0.2) is 18.2 Å². The molecule has 1 aromatic heterocycles. The first-order valence-corrected chi connectivity index (χ1v) is 7.83. The lowest BCUT2D eigenvalue weighted by Crippen LogP contribution is -2.33. The maximum atomic E-state index is 13.0.